The van der Waals surface area contributed by atoms with Crippen molar-refractivity contribution < 1.29 is 17.5 Å². The molecule has 0 radical (unpaired) electrons. The number of hydrogen-bond donors (Lipinski definition) is 1. The summed E-state index contributed by atoms with van der Waals surface area (Å²) in [4.78, 5) is 2.19. The minimum atomic E-state index is -3.79. The van der Waals surface area contributed by atoms with E-state index < -0.39 is 15.7 Å². The van der Waals surface area contributed by atoms with Crippen LogP contribution >= 0.6 is 0 Å². The van der Waals surface area contributed by atoms with E-state index >= 15 is 0 Å². The van der Waals surface area contributed by atoms with Crippen molar-refractivity contribution in [2.45, 2.75) is 28.7 Å². The second kappa shape index (κ2) is 8.37. The van der Waals surface area contributed by atoms with Crippen LogP contribution in [0.25, 0.3) is 0 Å². The summed E-state index contributed by atoms with van der Waals surface area (Å²) in [6.07, 6.45) is 1.87. The zero-order valence-corrected chi connectivity index (χ0v) is 16.4. The van der Waals surface area contributed by atoms with Crippen molar-refractivity contribution >= 4 is 9.84 Å². The Morgan fingerprint density at radius 3 is 2.70 bits per heavy atom. The van der Waals surface area contributed by atoms with Crippen molar-refractivity contribution in [1.82, 2.24) is 10.2 Å². The number of halogens is 1. The Bertz CT molecular complexity index is 900. The summed E-state index contributed by atoms with van der Waals surface area (Å²) in [6.45, 7) is 2.42. The first-order valence-corrected chi connectivity index (χ1v) is 10.5. The van der Waals surface area contributed by atoms with Gasteiger partial charge in [0.15, 0.2) is 0 Å². The second-order valence-electron chi connectivity index (χ2n) is 6.96. The Morgan fingerprint density at radius 2 is 1.96 bits per heavy atom. The van der Waals surface area contributed by atoms with Crippen LogP contribution in [0.15, 0.2) is 52.3 Å². The summed E-state index contributed by atoms with van der Waals surface area (Å²) in [5.41, 5.74) is 0.962. The van der Waals surface area contributed by atoms with Crippen LogP contribution in [0.3, 0.4) is 0 Å². The number of ether oxygens (including phenoxy) is 1. The standard InChI is InChI=1S/C20H25FN2O3S/c1-23(2)11-4-10-22-19-9-12-26-20-14-17(7-8-18(19)20)27(24,25)16-6-3-5-15(21)13-16/h3,5-8,13-14,19,22H,4,9-12H2,1-2H3. The highest BCUT2D eigenvalue weighted by Crippen LogP contribution is 2.35. The van der Waals surface area contributed by atoms with E-state index in [1.807, 2.05) is 14.1 Å². The third-order valence-corrected chi connectivity index (χ3v) is 6.36. The average Bonchev–Trinajstić information content (AvgIpc) is 2.64. The largest absolute Gasteiger partial charge is 0.493 e. The summed E-state index contributed by atoms with van der Waals surface area (Å²) < 4.78 is 44.7. The number of hydrogen-bond acceptors (Lipinski definition) is 5. The Hall–Kier alpha value is -1.96. The van der Waals surface area contributed by atoms with E-state index in [4.69, 9.17) is 4.74 Å². The number of rotatable bonds is 7. The predicted octanol–water partition coefficient (Wildman–Crippen LogP) is 3.02. The molecule has 5 nitrogen and oxygen atoms in total. The lowest BCUT2D eigenvalue weighted by molar-refractivity contribution is 0.250. The lowest BCUT2D eigenvalue weighted by atomic mass is 10.0. The molecule has 7 heteroatoms. The lowest BCUT2D eigenvalue weighted by Crippen LogP contribution is -2.29. The molecule has 0 aliphatic carbocycles. The molecule has 1 N–H and O–H groups in total. The number of fused-ring (bicyclic) bond motifs is 1. The van der Waals surface area contributed by atoms with Crippen LogP contribution in [0.4, 0.5) is 4.39 Å². The minimum Gasteiger partial charge on any atom is -0.493 e. The molecule has 0 saturated heterocycles. The summed E-state index contributed by atoms with van der Waals surface area (Å²) in [6, 6.07) is 10.1. The van der Waals surface area contributed by atoms with Gasteiger partial charge in [-0.05, 0) is 63.9 Å². The van der Waals surface area contributed by atoms with Gasteiger partial charge in [0.25, 0.3) is 0 Å². The lowest BCUT2D eigenvalue weighted by Gasteiger charge is -2.27. The molecular weight excluding hydrogens is 367 g/mol. The summed E-state index contributed by atoms with van der Waals surface area (Å²) in [5.74, 6) is -0.00360. The van der Waals surface area contributed by atoms with Crippen molar-refractivity contribution in [3.63, 3.8) is 0 Å². The van der Waals surface area contributed by atoms with Gasteiger partial charge in [-0.15, -0.1) is 0 Å². The predicted molar refractivity (Wildman–Crippen MR) is 102 cm³/mol. The molecule has 1 atom stereocenters. The van der Waals surface area contributed by atoms with E-state index in [9.17, 15) is 12.8 Å². The van der Waals surface area contributed by atoms with Gasteiger partial charge in [0.05, 0.1) is 16.4 Å². The van der Waals surface area contributed by atoms with Crippen LogP contribution in [0.5, 0.6) is 5.75 Å². The number of sulfone groups is 1. The molecule has 3 rings (SSSR count). The molecule has 1 heterocycles. The van der Waals surface area contributed by atoms with Crippen molar-refractivity contribution in [2.75, 3.05) is 33.8 Å². The quantitative estimate of drug-likeness (QED) is 0.734. The maximum absolute atomic E-state index is 13.4. The van der Waals surface area contributed by atoms with Crippen LogP contribution in [0.1, 0.15) is 24.4 Å². The third kappa shape index (κ3) is 4.66. The molecule has 0 bridgehead atoms. The van der Waals surface area contributed by atoms with Gasteiger partial charge < -0.3 is 15.0 Å². The highest BCUT2D eigenvalue weighted by Gasteiger charge is 2.25. The van der Waals surface area contributed by atoms with Crippen LogP contribution in [0.2, 0.25) is 0 Å². The molecule has 0 spiro atoms. The normalized spacial score (nSPS) is 16.8. The second-order valence-corrected chi connectivity index (χ2v) is 8.91. The first-order chi connectivity index (χ1) is 12.9. The van der Waals surface area contributed by atoms with Crippen molar-refractivity contribution in [3.8, 4) is 5.75 Å². The fraction of sp³-hybridized carbons (Fsp3) is 0.400. The molecule has 2 aromatic rings. The van der Waals surface area contributed by atoms with E-state index in [-0.39, 0.29) is 15.8 Å². The number of nitrogens with zero attached hydrogens (tertiary/aromatic N) is 1. The zero-order valence-electron chi connectivity index (χ0n) is 15.6. The van der Waals surface area contributed by atoms with E-state index in [1.54, 1.807) is 18.2 Å². The molecule has 1 aliphatic rings. The first kappa shape index (κ1) is 19.8. The van der Waals surface area contributed by atoms with Crippen LogP contribution in [0, 0.1) is 5.82 Å². The summed E-state index contributed by atoms with van der Waals surface area (Å²) in [5, 5.41) is 3.52. The Balaban J connectivity index is 1.80. The number of nitrogens with one attached hydrogen (secondary N) is 1. The maximum atomic E-state index is 13.4. The Morgan fingerprint density at radius 1 is 1.19 bits per heavy atom. The molecule has 0 fully saturated rings. The topological polar surface area (TPSA) is 58.6 Å². The zero-order chi connectivity index (χ0) is 19.4. The van der Waals surface area contributed by atoms with Gasteiger partial charge in [-0.3, -0.25) is 0 Å². The highest BCUT2D eigenvalue weighted by atomic mass is 32.2. The fourth-order valence-electron chi connectivity index (χ4n) is 3.19. The molecule has 1 unspecified atom stereocenters. The minimum absolute atomic E-state index is 0.0587. The van der Waals surface area contributed by atoms with Crippen LogP contribution < -0.4 is 10.1 Å². The van der Waals surface area contributed by atoms with Gasteiger partial charge in [-0.25, -0.2) is 12.8 Å². The smallest absolute Gasteiger partial charge is 0.206 e. The molecule has 0 saturated carbocycles. The molecule has 27 heavy (non-hydrogen) atoms. The van der Waals surface area contributed by atoms with Gasteiger partial charge in [0.2, 0.25) is 9.84 Å². The first-order valence-electron chi connectivity index (χ1n) is 9.03. The van der Waals surface area contributed by atoms with Crippen molar-refractivity contribution in [2.24, 2.45) is 0 Å². The molecule has 1 aliphatic heterocycles. The SMILES string of the molecule is CN(C)CCCNC1CCOc2cc(S(=O)(=O)c3cccc(F)c3)ccc21. The molecule has 0 amide bonds. The molecule has 0 aromatic heterocycles. The van der Waals surface area contributed by atoms with E-state index in [2.05, 4.69) is 10.2 Å². The Kier molecular flexibility index (Phi) is 6.14. The van der Waals surface area contributed by atoms with Gasteiger partial charge in [0, 0.05) is 18.0 Å². The average molecular weight is 392 g/mol. The molecular formula is C20H25FN2O3S. The molecule has 2 aromatic carbocycles. The highest BCUT2D eigenvalue weighted by molar-refractivity contribution is 7.91. The van der Waals surface area contributed by atoms with Gasteiger partial charge >= 0.3 is 0 Å². The summed E-state index contributed by atoms with van der Waals surface area (Å²) in [7, 11) is 0.303. The monoisotopic (exact) mass is 392 g/mol. The van der Waals surface area contributed by atoms with Crippen LogP contribution in [-0.4, -0.2) is 47.1 Å². The Labute approximate surface area is 160 Å². The third-order valence-electron chi connectivity index (χ3n) is 4.61. The van der Waals surface area contributed by atoms with E-state index in [0.717, 1.165) is 37.6 Å². The van der Waals surface area contributed by atoms with Crippen LogP contribution in [-0.2, 0) is 9.84 Å². The maximum Gasteiger partial charge on any atom is 0.206 e. The van der Waals surface area contributed by atoms with Gasteiger partial charge in [-0.1, -0.05) is 12.1 Å². The van der Waals surface area contributed by atoms with E-state index in [0.29, 0.717) is 12.4 Å². The van der Waals surface area contributed by atoms with Crippen molar-refractivity contribution in [1.29, 1.82) is 0 Å². The summed E-state index contributed by atoms with van der Waals surface area (Å²) >= 11 is 0. The molecule has 146 valence electrons. The van der Waals surface area contributed by atoms with E-state index in [1.165, 1.54) is 18.2 Å². The number of benzene rings is 2. The van der Waals surface area contributed by atoms with Crippen molar-refractivity contribution in [3.05, 3.63) is 53.8 Å². The fourth-order valence-corrected chi connectivity index (χ4v) is 4.50. The van der Waals surface area contributed by atoms with Gasteiger partial charge in [-0.2, -0.15) is 0 Å². The van der Waals surface area contributed by atoms with Gasteiger partial charge in [0.1, 0.15) is 11.6 Å².